The molecule has 6 heteroatoms. The van der Waals surface area contributed by atoms with Crippen LogP contribution < -0.4 is 5.32 Å². The Morgan fingerprint density at radius 3 is 2.80 bits per heavy atom. The van der Waals surface area contributed by atoms with Gasteiger partial charge in [0.2, 0.25) is 5.89 Å². The van der Waals surface area contributed by atoms with Gasteiger partial charge < -0.3 is 9.73 Å². The Labute approximate surface area is 122 Å². The SMILES string of the molecule is CC[C@H](C)Sc1nnc(CNC(=O)c2ccccc2)o1. The second kappa shape index (κ2) is 7.09. The zero-order chi connectivity index (χ0) is 14.4. The molecule has 0 spiro atoms. The molecular formula is C14H17N3O2S. The summed E-state index contributed by atoms with van der Waals surface area (Å²) in [5, 5.41) is 11.6. The summed E-state index contributed by atoms with van der Waals surface area (Å²) in [6.07, 6.45) is 1.03. The number of nitrogens with one attached hydrogen (secondary N) is 1. The number of amides is 1. The van der Waals surface area contributed by atoms with E-state index >= 15 is 0 Å². The van der Waals surface area contributed by atoms with Gasteiger partial charge in [0.1, 0.15) is 0 Å². The highest BCUT2D eigenvalue weighted by Crippen LogP contribution is 2.23. The van der Waals surface area contributed by atoms with Crippen molar-refractivity contribution in [3.63, 3.8) is 0 Å². The third-order valence-corrected chi connectivity index (χ3v) is 3.86. The largest absolute Gasteiger partial charge is 0.414 e. The lowest BCUT2D eigenvalue weighted by Crippen LogP contribution is -2.22. The average molecular weight is 291 g/mol. The van der Waals surface area contributed by atoms with Crippen LogP contribution in [-0.4, -0.2) is 21.4 Å². The number of aromatic nitrogens is 2. The number of nitrogens with zero attached hydrogens (tertiary/aromatic N) is 2. The van der Waals surface area contributed by atoms with Crippen molar-refractivity contribution < 1.29 is 9.21 Å². The Morgan fingerprint density at radius 1 is 1.35 bits per heavy atom. The van der Waals surface area contributed by atoms with E-state index in [1.54, 1.807) is 23.9 Å². The van der Waals surface area contributed by atoms with Crippen molar-refractivity contribution in [2.45, 2.75) is 37.3 Å². The van der Waals surface area contributed by atoms with Gasteiger partial charge in [-0.2, -0.15) is 0 Å². The molecule has 1 aromatic heterocycles. The first-order chi connectivity index (χ1) is 9.69. The van der Waals surface area contributed by atoms with E-state index in [-0.39, 0.29) is 12.5 Å². The van der Waals surface area contributed by atoms with Crippen LogP contribution in [0.1, 0.15) is 36.5 Å². The Hall–Kier alpha value is -1.82. The quantitative estimate of drug-likeness (QED) is 0.829. The van der Waals surface area contributed by atoms with Crippen molar-refractivity contribution in [3.05, 3.63) is 41.8 Å². The maximum absolute atomic E-state index is 11.8. The summed E-state index contributed by atoms with van der Waals surface area (Å²) >= 11 is 1.54. The zero-order valence-electron chi connectivity index (χ0n) is 11.5. The number of hydrogen-bond donors (Lipinski definition) is 1. The third-order valence-electron chi connectivity index (χ3n) is 2.76. The van der Waals surface area contributed by atoms with Gasteiger partial charge in [0.15, 0.2) is 0 Å². The zero-order valence-corrected chi connectivity index (χ0v) is 12.3. The molecule has 5 nitrogen and oxygen atoms in total. The molecule has 2 rings (SSSR count). The van der Waals surface area contributed by atoms with Crippen LogP contribution in [-0.2, 0) is 6.54 Å². The molecule has 0 radical (unpaired) electrons. The third kappa shape index (κ3) is 4.09. The number of hydrogen-bond acceptors (Lipinski definition) is 5. The maximum Gasteiger partial charge on any atom is 0.276 e. The molecule has 1 aromatic carbocycles. The minimum atomic E-state index is -0.153. The molecule has 0 bridgehead atoms. The van der Waals surface area contributed by atoms with Gasteiger partial charge in [0, 0.05) is 10.8 Å². The lowest BCUT2D eigenvalue weighted by molar-refractivity contribution is 0.0946. The van der Waals surface area contributed by atoms with Gasteiger partial charge in [-0.3, -0.25) is 4.79 Å². The minimum Gasteiger partial charge on any atom is -0.414 e. The molecular weight excluding hydrogens is 274 g/mol. The van der Waals surface area contributed by atoms with Gasteiger partial charge in [0.25, 0.3) is 11.1 Å². The number of rotatable bonds is 6. The standard InChI is InChI=1S/C14H17N3O2S/c1-3-10(2)20-14-17-16-12(19-14)9-15-13(18)11-7-5-4-6-8-11/h4-8,10H,3,9H2,1-2H3,(H,15,18)/t10-/m0/s1. The van der Waals surface area contributed by atoms with Crippen molar-refractivity contribution >= 4 is 17.7 Å². The van der Waals surface area contributed by atoms with Crippen LogP contribution >= 0.6 is 11.8 Å². The summed E-state index contributed by atoms with van der Waals surface area (Å²) in [6, 6.07) is 9.03. The van der Waals surface area contributed by atoms with Crippen LogP contribution in [0.5, 0.6) is 0 Å². The summed E-state index contributed by atoms with van der Waals surface area (Å²) in [4.78, 5) is 11.8. The van der Waals surface area contributed by atoms with Crippen molar-refractivity contribution in [1.29, 1.82) is 0 Å². The van der Waals surface area contributed by atoms with Gasteiger partial charge in [-0.25, -0.2) is 0 Å². The fourth-order valence-electron chi connectivity index (χ4n) is 1.46. The van der Waals surface area contributed by atoms with Crippen LogP contribution in [0.4, 0.5) is 0 Å². The summed E-state index contributed by atoms with van der Waals surface area (Å²) in [7, 11) is 0. The maximum atomic E-state index is 11.8. The number of carbonyl (C=O) groups excluding carboxylic acids is 1. The molecule has 0 saturated carbocycles. The van der Waals surface area contributed by atoms with Crippen LogP contribution in [0.25, 0.3) is 0 Å². The predicted molar refractivity (Wildman–Crippen MR) is 77.5 cm³/mol. The summed E-state index contributed by atoms with van der Waals surface area (Å²) in [6.45, 7) is 4.45. The van der Waals surface area contributed by atoms with Crippen LogP contribution in [0.3, 0.4) is 0 Å². The molecule has 1 amide bonds. The summed E-state index contributed by atoms with van der Waals surface area (Å²) in [5.41, 5.74) is 0.612. The molecule has 106 valence electrons. The first kappa shape index (κ1) is 14.6. The van der Waals surface area contributed by atoms with Crippen LogP contribution in [0, 0.1) is 0 Å². The number of carbonyl (C=O) groups is 1. The van der Waals surface area contributed by atoms with E-state index in [4.69, 9.17) is 4.42 Å². The molecule has 0 aliphatic carbocycles. The van der Waals surface area contributed by atoms with Gasteiger partial charge in [-0.05, 0) is 18.6 Å². The summed E-state index contributed by atoms with van der Waals surface area (Å²) < 4.78 is 5.47. The van der Waals surface area contributed by atoms with Crippen molar-refractivity contribution in [2.75, 3.05) is 0 Å². The van der Waals surface area contributed by atoms with Crippen molar-refractivity contribution in [2.24, 2.45) is 0 Å². The first-order valence-electron chi connectivity index (χ1n) is 6.51. The highest BCUT2D eigenvalue weighted by atomic mass is 32.2. The van der Waals surface area contributed by atoms with E-state index in [2.05, 4.69) is 29.4 Å². The fraction of sp³-hybridized carbons (Fsp3) is 0.357. The molecule has 0 unspecified atom stereocenters. The molecule has 2 aromatic rings. The molecule has 1 heterocycles. The van der Waals surface area contributed by atoms with E-state index in [1.165, 1.54) is 0 Å². The highest BCUT2D eigenvalue weighted by Gasteiger charge is 2.11. The lowest BCUT2D eigenvalue weighted by atomic mass is 10.2. The molecule has 20 heavy (non-hydrogen) atoms. The van der Waals surface area contributed by atoms with Gasteiger partial charge >= 0.3 is 0 Å². The fourth-order valence-corrected chi connectivity index (χ4v) is 2.20. The Balaban J connectivity index is 1.87. The monoisotopic (exact) mass is 291 g/mol. The smallest absolute Gasteiger partial charge is 0.276 e. The predicted octanol–water partition coefficient (Wildman–Crippen LogP) is 2.89. The molecule has 0 aliphatic heterocycles. The first-order valence-corrected chi connectivity index (χ1v) is 7.39. The topological polar surface area (TPSA) is 68.0 Å². The summed E-state index contributed by atoms with van der Waals surface area (Å²) in [5.74, 6) is 0.264. The Bertz CT molecular complexity index is 557. The van der Waals surface area contributed by atoms with Gasteiger partial charge in [0.05, 0.1) is 6.54 Å². The van der Waals surface area contributed by atoms with E-state index < -0.39 is 0 Å². The van der Waals surface area contributed by atoms with Gasteiger partial charge in [-0.1, -0.05) is 43.8 Å². The number of thioether (sulfide) groups is 1. The van der Waals surface area contributed by atoms with Gasteiger partial charge in [-0.15, -0.1) is 10.2 Å². The minimum absolute atomic E-state index is 0.153. The van der Waals surface area contributed by atoms with Crippen molar-refractivity contribution in [3.8, 4) is 0 Å². The molecule has 0 saturated heterocycles. The van der Waals surface area contributed by atoms with E-state index in [0.717, 1.165) is 6.42 Å². The molecule has 0 fully saturated rings. The highest BCUT2D eigenvalue weighted by molar-refractivity contribution is 7.99. The van der Waals surface area contributed by atoms with Crippen molar-refractivity contribution in [1.82, 2.24) is 15.5 Å². The normalized spacial score (nSPS) is 12.1. The van der Waals surface area contributed by atoms with E-state index in [0.29, 0.717) is 21.9 Å². The Kier molecular flexibility index (Phi) is 5.17. The van der Waals surface area contributed by atoms with E-state index in [1.807, 2.05) is 18.2 Å². The molecule has 1 atom stereocenters. The molecule has 1 N–H and O–H groups in total. The average Bonchev–Trinajstić information content (AvgIpc) is 2.93. The Morgan fingerprint density at radius 2 is 2.10 bits per heavy atom. The molecule has 0 aliphatic rings. The van der Waals surface area contributed by atoms with Crippen LogP contribution in [0.15, 0.2) is 40.0 Å². The second-order valence-electron chi connectivity index (χ2n) is 4.35. The lowest BCUT2D eigenvalue weighted by Gasteiger charge is -2.03. The van der Waals surface area contributed by atoms with Crippen LogP contribution in [0.2, 0.25) is 0 Å². The second-order valence-corrected chi connectivity index (χ2v) is 5.74. The van der Waals surface area contributed by atoms with E-state index in [9.17, 15) is 4.79 Å². The number of benzene rings is 1.